The fourth-order valence-corrected chi connectivity index (χ4v) is 4.04. The van der Waals surface area contributed by atoms with Gasteiger partial charge >= 0.3 is 6.03 Å². The summed E-state index contributed by atoms with van der Waals surface area (Å²) in [5.74, 6) is -0.311. The summed E-state index contributed by atoms with van der Waals surface area (Å²) in [5.41, 5.74) is 1.94. The van der Waals surface area contributed by atoms with Gasteiger partial charge in [0.05, 0.1) is 6.54 Å². The lowest BCUT2D eigenvalue weighted by molar-refractivity contribution is -0.0289. The van der Waals surface area contributed by atoms with E-state index in [1.807, 2.05) is 11.1 Å². The van der Waals surface area contributed by atoms with Gasteiger partial charge in [0.25, 0.3) is 0 Å². The molecule has 0 N–H and O–H groups in total. The quantitative estimate of drug-likeness (QED) is 0.828. The number of nitrogens with zero attached hydrogens (tertiary/aromatic N) is 3. The number of hydrazine groups is 1. The number of amides is 2. The molecule has 2 fully saturated rings. The molecule has 2 saturated heterocycles. The van der Waals surface area contributed by atoms with Crippen LogP contribution in [0.25, 0.3) is 0 Å². The summed E-state index contributed by atoms with van der Waals surface area (Å²) in [5, 5.41) is 4.12. The van der Waals surface area contributed by atoms with Crippen LogP contribution in [0.5, 0.6) is 0 Å². The molecule has 2 aliphatic rings. The minimum atomic E-state index is -0.311. The first-order valence-electron chi connectivity index (χ1n) is 9.37. The summed E-state index contributed by atoms with van der Waals surface area (Å²) >= 11 is 0. The molecule has 0 saturated carbocycles. The lowest BCUT2D eigenvalue weighted by Crippen LogP contribution is -2.53. The van der Waals surface area contributed by atoms with Gasteiger partial charge in [-0.05, 0) is 43.0 Å². The summed E-state index contributed by atoms with van der Waals surface area (Å²) in [6.45, 7) is 2.15. The second-order valence-corrected chi connectivity index (χ2v) is 7.04. The predicted molar refractivity (Wildman–Crippen MR) is 100 cm³/mol. The van der Waals surface area contributed by atoms with Crippen molar-refractivity contribution in [2.24, 2.45) is 0 Å². The van der Waals surface area contributed by atoms with E-state index < -0.39 is 0 Å². The first-order chi connectivity index (χ1) is 12.7. The molecule has 0 bridgehead atoms. The summed E-state index contributed by atoms with van der Waals surface area (Å²) < 4.78 is 13.5. The molecule has 2 aliphatic heterocycles. The van der Waals surface area contributed by atoms with Crippen molar-refractivity contribution in [2.75, 3.05) is 24.5 Å². The molecule has 26 heavy (non-hydrogen) atoms. The number of carbonyl (C=O) groups is 1. The van der Waals surface area contributed by atoms with Crippen LogP contribution in [0.1, 0.15) is 24.8 Å². The number of hydrogen-bond acceptors (Lipinski definition) is 2. The molecule has 0 radical (unpaired) electrons. The van der Waals surface area contributed by atoms with Gasteiger partial charge in [0.1, 0.15) is 5.82 Å². The molecule has 0 unspecified atom stereocenters. The first kappa shape index (κ1) is 17.0. The molecule has 4 rings (SSSR count). The topological polar surface area (TPSA) is 26.8 Å². The third kappa shape index (κ3) is 3.44. The molecular weight excluding hydrogens is 329 g/mol. The van der Waals surface area contributed by atoms with Crippen LogP contribution in [-0.2, 0) is 6.42 Å². The van der Waals surface area contributed by atoms with Crippen LogP contribution in [0.4, 0.5) is 14.9 Å². The zero-order chi connectivity index (χ0) is 17.9. The van der Waals surface area contributed by atoms with Crippen molar-refractivity contribution in [3.05, 3.63) is 66.0 Å². The SMILES string of the molecule is O=C1N(c2cccc(F)c2)CCN1N1CCCC[C@@H]1Cc1ccccc1. The number of hydrogen-bond donors (Lipinski definition) is 0. The summed E-state index contributed by atoms with van der Waals surface area (Å²) in [7, 11) is 0. The Hall–Kier alpha value is -2.40. The van der Waals surface area contributed by atoms with E-state index in [2.05, 4.69) is 29.3 Å². The van der Waals surface area contributed by atoms with Crippen LogP contribution in [0.2, 0.25) is 0 Å². The van der Waals surface area contributed by atoms with Gasteiger partial charge < -0.3 is 0 Å². The maximum atomic E-state index is 13.5. The zero-order valence-corrected chi connectivity index (χ0v) is 14.9. The molecule has 1 atom stereocenters. The number of piperidine rings is 1. The minimum absolute atomic E-state index is 0.0458. The van der Waals surface area contributed by atoms with Gasteiger partial charge in [0.2, 0.25) is 0 Å². The molecule has 0 spiro atoms. The highest BCUT2D eigenvalue weighted by Crippen LogP contribution is 2.27. The Morgan fingerprint density at radius 3 is 2.62 bits per heavy atom. The van der Waals surface area contributed by atoms with Crippen molar-refractivity contribution in [3.8, 4) is 0 Å². The van der Waals surface area contributed by atoms with Crippen LogP contribution >= 0.6 is 0 Å². The Balaban J connectivity index is 1.51. The van der Waals surface area contributed by atoms with Gasteiger partial charge in [-0.25, -0.2) is 14.2 Å². The number of anilines is 1. The van der Waals surface area contributed by atoms with Crippen LogP contribution in [0, 0.1) is 5.82 Å². The summed E-state index contributed by atoms with van der Waals surface area (Å²) in [6, 6.07) is 17.0. The van der Waals surface area contributed by atoms with Crippen molar-refractivity contribution in [2.45, 2.75) is 31.7 Å². The van der Waals surface area contributed by atoms with Crippen molar-refractivity contribution >= 4 is 11.7 Å². The van der Waals surface area contributed by atoms with Crippen molar-refractivity contribution < 1.29 is 9.18 Å². The van der Waals surface area contributed by atoms with E-state index in [4.69, 9.17) is 0 Å². The Kier molecular flexibility index (Phi) is 4.89. The first-order valence-corrected chi connectivity index (χ1v) is 9.37. The summed E-state index contributed by atoms with van der Waals surface area (Å²) in [4.78, 5) is 14.7. The number of carbonyl (C=O) groups excluding carboxylic acids is 1. The molecule has 0 aromatic heterocycles. The molecule has 2 amide bonds. The van der Waals surface area contributed by atoms with E-state index in [1.165, 1.54) is 24.1 Å². The van der Waals surface area contributed by atoms with E-state index >= 15 is 0 Å². The number of rotatable bonds is 4. The smallest absolute Gasteiger partial charge is 0.291 e. The van der Waals surface area contributed by atoms with Gasteiger partial charge in [-0.2, -0.15) is 0 Å². The number of halogens is 1. The second kappa shape index (κ2) is 7.46. The van der Waals surface area contributed by atoms with Crippen LogP contribution < -0.4 is 4.90 Å². The van der Waals surface area contributed by atoms with Crippen LogP contribution in [0.3, 0.4) is 0 Å². The van der Waals surface area contributed by atoms with Crippen LogP contribution in [0.15, 0.2) is 54.6 Å². The van der Waals surface area contributed by atoms with Gasteiger partial charge in [-0.15, -0.1) is 0 Å². The number of benzene rings is 2. The third-order valence-electron chi connectivity index (χ3n) is 5.33. The van der Waals surface area contributed by atoms with Crippen LogP contribution in [-0.4, -0.2) is 41.7 Å². The second-order valence-electron chi connectivity index (χ2n) is 7.04. The molecule has 2 heterocycles. The third-order valence-corrected chi connectivity index (χ3v) is 5.33. The van der Waals surface area contributed by atoms with Gasteiger partial charge in [-0.3, -0.25) is 9.91 Å². The highest BCUT2D eigenvalue weighted by Gasteiger charge is 2.37. The maximum absolute atomic E-state index is 13.5. The van der Waals surface area contributed by atoms with E-state index in [0.717, 1.165) is 25.8 Å². The highest BCUT2D eigenvalue weighted by atomic mass is 19.1. The molecular formula is C21H24FN3O. The average molecular weight is 353 g/mol. The van der Waals surface area contributed by atoms with Gasteiger partial charge in [0, 0.05) is 24.8 Å². The molecule has 2 aromatic carbocycles. The van der Waals surface area contributed by atoms with E-state index in [0.29, 0.717) is 24.8 Å². The molecule has 5 heteroatoms. The van der Waals surface area contributed by atoms with Gasteiger partial charge in [0.15, 0.2) is 0 Å². The van der Waals surface area contributed by atoms with Gasteiger partial charge in [-0.1, -0.05) is 42.8 Å². The van der Waals surface area contributed by atoms with E-state index in [-0.39, 0.29) is 11.8 Å². The Morgan fingerprint density at radius 2 is 1.81 bits per heavy atom. The fraction of sp³-hybridized carbons (Fsp3) is 0.381. The highest BCUT2D eigenvalue weighted by molar-refractivity contribution is 5.93. The molecule has 0 aliphatic carbocycles. The zero-order valence-electron chi connectivity index (χ0n) is 14.9. The Labute approximate surface area is 153 Å². The lowest BCUT2D eigenvalue weighted by Gasteiger charge is -2.41. The summed E-state index contributed by atoms with van der Waals surface area (Å²) in [6.07, 6.45) is 4.35. The van der Waals surface area contributed by atoms with E-state index in [9.17, 15) is 9.18 Å². The minimum Gasteiger partial charge on any atom is -0.291 e. The monoisotopic (exact) mass is 353 g/mol. The van der Waals surface area contributed by atoms with Crippen molar-refractivity contribution in [1.29, 1.82) is 0 Å². The standard InChI is InChI=1S/C21H24FN3O/c22-18-9-6-11-19(16-18)23-13-14-25(21(23)26)24-12-5-4-10-20(24)15-17-7-2-1-3-8-17/h1-3,6-9,11,16,20H,4-5,10,12-15H2/t20-/m1/s1. The van der Waals surface area contributed by atoms with Crippen molar-refractivity contribution in [3.63, 3.8) is 0 Å². The fourth-order valence-electron chi connectivity index (χ4n) is 4.04. The predicted octanol–water partition coefficient (Wildman–Crippen LogP) is 4.08. The molecule has 136 valence electrons. The number of urea groups is 1. The maximum Gasteiger partial charge on any atom is 0.339 e. The molecule has 2 aromatic rings. The lowest BCUT2D eigenvalue weighted by atomic mass is 9.97. The van der Waals surface area contributed by atoms with E-state index in [1.54, 1.807) is 17.0 Å². The van der Waals surface area contributed by atoms with Crippen molar-refractivity contribution in [1.82, 2.24) is 10.0 Å². The largest absolute Gasteiger partial charge is 0.339 e. The normalized spacial score (nSPS) is 21.4. The Morgan fingerprint density at radius 1 is 0.962 bits per heavy atom. The Bertz CT molecular complexity index is 767. The average Bonchev–Trinajstić information content (AvgIpc) is 3.04. The molecule has 4 nitrogen and oxygen atoms in total.